The monoisotopic (exact) mass is 257 g/mol. The molecule has 1 fully saturated rings. The van der Waals surface area contributed by atoms with Crippen LogP contribution in [0.3, 0.4) is 0 Å². The van der Waals surface area contributed by atoms with Crippen LogP contribution < -0.4 is 5.73 Å². The van der Waals surface area contributed by atoms with Crippen molar-refractivity contribution in [3.63, 3.8) is 0 Å². The van der Waals surface area contributed by atoms with E-state index in [0.29, 0.717) is 32.0 Å². The summed E-state index contributed by atoms with van der Waals surface area (Å²) in [5.74, 6) is 0. The quantitative estimate of drug-likeness (QED) is 0.793. The highest BCUT2D eigenvalue weighted by Gasteiger charge is 2.28. The Morgan fingerprint density at radius 1 is 1.41 bits per heavy atom. The molecule has 0 bridgehead atoms. The standard InChI is InChI=1S/C10H15N3O3S/c11-8-9-10(2-1-3-12-9)17(14,15)13-4-6-16-7-5-13/h1-3H,4-8,11H2. The van der Waals surface area contributed by atoms with Crippen LogP contribution in [0.2, 0.25) is 0 Å². The van der Waals surface area contributed by atoms with Crippen LogP contribution >= 0.6 is 0 Å². The molecule has 7 heteroatoms. The summed E-state index contributed by atoms with van der Waals surface area (Å²) in [6, 6.07) is 3.15. The van der Waals surface area contributed by atoms with E-state index in [2.05, 4.69) is 4.98 Å². The summed E-state index contributed by atoms with van der Waals surface area (Å²) in [6.07, 6.45) is 1.54. The number of hydrogen-bond donors (Lipinski definition) is 1. The maximum Gasteiger partial charge on any atom is 0.245 e. The minimum absolute atomic E-state index is 0.111. The topological polar surface area (TPSA) is 85.5 Å². The second-order valence-corrected chi connectivity index (χ2v) is 5.58. The molecule has 94 valence electrons. The van der Waals surface area contributed by atoms with E-state index in [9.17, 15) is 8.42 Å². The molecule has 0 spiro atoms. The summed E-state index contributed by atoms with van der Waals surface area (Å²) in [6.45, 7) is 1.72. The molecule has 6 nitrogen and oxygen atoms in total. The van der Waals surface area contributed by atoms with Gasteiger partial charge in [0.05, 0.1) is 18.9 Å². The lowest BCUT2D eigenvalue weighted by molar-refractivity contribution is 0.0730. The fraction of sp³-hybridized carbons (Fsp3) is 0.500. The van der Waals surface area contributed by atoms with Crippen LogP contribution in [0.15, 0.2) is 23.2 Å². The average molecular weight is 257 g/mol. The zero-order chi connectivity index (χ0) is 12.3. The Morgan fingerprint density at radius 2 is 2.12 bits per heavy atom. The van der Waals surface area contributed by atoms with Gasteiger partial charge in [-0.2, -0.15) is 4.31 Å². The summed E-state index contributed by atoms with van der Waals surface area (Å²) in [5, 5.41) is 0. The minimum Gasteiger partial charge on any atom is -0.379 e. The van der Waals surface area contributed by atoms with Crippen molar-refractivity contribution < 1.29 is 13.2 Å². The molecule has 0 radical (unpaired) electrons. The van der Waals surface area contributed by atoms with Gasteiger partial charge in [-0.15, -0.1) is 0 Å². The van der Waals surface area contributed by atoms with E-state index in [1.165, 1.54) is 4.31 Å². The molecule has 2 heterocycles. The van der Waals surface area contributed by atoms with Crippen LogP contribution in [0.5, 0.6) is 0 Å². The van der Waals surface area contributed by atoms with E-state index >= 15 is 0 Å². The SMILES string of the molecule is NCc1ncccc1S(=O)(=O)N1CCOCC1. The van der Waals surface area contributed by atoms with Crippen molar-refractivity contribution in [3.05, 3.63) is 24.0 Å². The highest BCUT2D eigenvalue weighted by Crippen LogP contribution is 2.19. The summed E-state index contributed by atoms with van der Waals surface area (Å²) in [4.78, 5) is 4.19. The lowest BCUT2D eigenvalue weighted by Gasteiger charge is -2.26. The third-order valence-electron chi connectivity index (χ3n) is 2.63. The molecule has 0 atom stereocenters. The second kappa shape index (κ2) is 5.09. The summed E-state index contributed by atoms with van der Waals surface area (Å²) in [5.41, 5.74) is 5.91. The van der Waals surface area contributed by atoms with Crippen LogP contribution in [-0.4, -0.2) is 44.0 Å². The van der Waals surface area contributed by atoms with Gasteiger partial charge < -0.3 is 10.5 Å². The molecule has 0 amide bonds. The zero-order valence-corrected chi connectivity index (χ0v) is 10.2. The van der Waals surface area contributed by atoms with Crippen LogP contribution in [0.4, 0.5) is 0 Å². The number of sulfonamides is 1. The van der Waals surface area contributed by atoms with Gasteiger partial charge >= 0.3 is 0 Å². The fourth-order valence-electron chi connectivity index (χ4n) is 1.74. The van der Waals surface area contributed by atoms with Crippen molar-refractivity contribution in [1.29, 1.82) is 0 Å². The highest BCUT2D eigenvalue weighted by molar-refractivity contribution is 7.89. The molecular weight excluding hydrogens is 242 g/mol. The summed E-state index contributed by atoms with van der Waals surface area (Å²) >= 11 is 0. The van der Waals surface area contributed by atoms with Crippen molar-refractivity contribution >= 4 is 10.0 Å². The molecular formula is C10H15N3O3S. The van der Waals surface area contributed by atoms with E-state index < -0.39 is 10.0 Å². The van der Waals surface area contributed by atoms with E-state index in [4.69, 9.17) is 10.5 Å². The van der Waals surface area contributed by atoms with Crippen molar-refractivity contribution in [2.45, 2.75) is 11.4 Å². The van der Waals surface area contributed by atoms with Gasteiger partial charge in [0, 0.05) is 25.8 Å². The predicted octanol–water partition coefficient (Wildman–Crippen LogP) is -0.439. The van der Waals surface area contributed by atoms with E-state index in [1.54, 1.807) is 18.3 Å². The number of nitrogens with two attached hydrogens (primary N) is 1. The van der Waals surface area contributed by atoms with Gasteiger partial charge in [0.1, 0.15) is 4.90 Å². The number of pyridine rings is 1. The molecule has 1 aliphatic heterocycles. The predicted molar refractivity (Wildman–Crippen MR) is 61.7 cm³/mol. The maximum absolute atomic E-state index is 12.3. The van der Waals surface area contributed by atoms with Crippen molar-refractivity contribution in [2.75, 3.05) is 26.3 Å². The first-order valence-corrected chi connectivity index (χ1v) is 6.82. The van der Waals surface area contributed by atoms with Crippen LogP contribution in [-0.2, 0) is 21.3 Å². The number of rotatable bonds is 3. The zero-order valence-electron chi connectivity index (χ0n) is 9.37. The van der Waals surface area contributed by atoms with Gasteiger partial charge in [0.15, 0.2) is 0 Å². The third kappa shape index (κ3) is 2.47. The van der Waals surface area contributed by atoms with E-state index in [1.807, 2.05) is 0 Å². The number of ether oxygens (including phenoxy) is 1. The van der Waals surface area contributed by atoms with Gasteiger partial charge in [-0.3, -0.25) is 4.98 Å². The van der Waals surface area contributed by atoms with Gasteiger partial charge in [0.2, 0.25) is 10.0 Å². The Kier molecular flexibility index (Phi) is 3.72. The molecule has 1 aromatic heterocycles. The average Bonchev–Trinajstić information content (AvgIpc) is 2.39. The first-order valence-electron chi connectivity index (χ1n) is 5.38. The first kappa shape index (κ1) is 12.4. The molecule has 2 N–H and O–H groups in total. The van der Waals surface area contributed by atoms with Crippen molar-refractivity contribution in [3.8, 4) is 0 Å². The van der Waals surface area contributed by atoms with Gasteiger partial charge in [-0.05, 0) is 12.1 Å². The van der Waals surface area contributed by atoms with Crippen LogP contribution in [0.25, 0.3) is 0 Å². The van der Waals surface area contributed by atoms with Crippen molar-refractivity contribution in [1.82, 2.24) is 9.29 Å². The van der Waals surface area contributed by atoms with Crippen molar-refractivity contribution in [2.24, 2.45) is 5.73 Å². The molecule has 1 aliphatic rings. The third-order valence-corrected chi connectivity index (χ3v) is 4.60. The molecule has 0 unspecified atom stereocenters. The summed E-state index contributed by atoms with van der Waals surface area (Å²) < 4.78 is 31.2. The molecule has 2 rings (SSSR count). The molecule has 17 heavy (non-hydrogen) atoms. The second-order valence-electron chi connectivity index (χ2n) is 3.67. The van der Waals surface area contributed by atoms with Gasteiger partial charge in [-0.1, -0.05) is 0 Å². The molecule has 0 saturated carbocycles. The molecule has 0 aromatic carbocycles. The Balaban J connectivity index is 2.36. The normalized spacial score (nSPS) is 18.2. The van der Waals surface area contributed by atoms with Gasteiger partial charge in [0.25, 0.3) is 0 Å². The Hall–Kier alpha value is -1.02. The van der Waals surface area contributed by atoms with E-state index in [0.717, 1.165) is 0 Å². The number of morpholine rings is 1. The maximum atomic E-state index is 12.3. The molecule has 0 aliphatic carbocycles. The number of hydrogen-bond acceptors (Lipinski definition) is 5. The van der Waals surface area contributed by atoms with E-state index in [-0.39, 0.29) is 11.4 Å². The first-order chi connectivity index (χ1) is 8.16. The lowest BCUT2D eigenvalue weighted by atomic mass is 10.3. The van der Waals surface area contributed by atoms with Crippen LogP contribution in [0, 0.1) is 0 Å². The smallest absolute Gasteiger partial charge is 0.245 e. The molecule has 1 aromatic rings. The Bertz CT molecular complexity index is 483. The summed E-state index contributed by atoms with van der Waals surface area (Å²) in [7, 11) is -3.49. The Labute approximate surface area is 100 Å². The fourth-order valence-corrected chi connectivity index (χ4v) is 3.33. The lowest BCUT2D eigenvalue weighted by Crippen LogP contribution is -2.41. The Morgan fingerprint density at radius 3 is 2.76 bits per heavy atom. The van der Waals surface area contributed by atoms with Crippen LogP contribution in [0.1, 0.15) is 5.69 Å². The number of nitrogens with zero attached hydrogens (tertiary/aromatic N) is 2. The highest BCUT2D eigenvalue weighted by atomic mass is 32.2. The largest absolute Gasteiger partial charge is 0.379 e. The number of aromatic nitrogens is 1. The van der Waals surface area contributed by atoms with Gasteiger partial charge in [-0.25, -0.2) is 8.42 Å². The minimum atomic E-state index is -3.49. The molecule has 1 saturated heterocycles.